The van der Waals surface area contributed by atoms with Gasteiger partial charge in [0.25, 0.3) is 0 Å². The maximum atomic E-state index is 11.4. The monoisotopic (exact) mass is 342 g/mol. The van der Waals surface area contributed by atoms with Crippen molar-refractivity contribution in [3.05, 3.63) is 35.4 Å². The Morgan fingerprint density at radius 3 is 2.47 bits per heavy atom. The molecule has 0 aromatic heterocycles. The molecule has 3 nitrogen and oxygen atoms in total. The van der Waals surface area contributed by atoms with Crippen molar-refractivity contribution >= 4 is 34.3 Å². The van der Waals surface area contributed by atoms with Crippen LogP contribution in [0.2, 0.25) is 0 Å². The van der Waals surface area contributed by atoms with Gasteiger partial charge in [-0.15, -0.1) is 6.42 Å². The third kappa shape index (κ3) is 4.57. The number of hydrogen-bond donors (Lipinski definition) is 0. The van der Waals surface area contributed by atoms with Crippen molar-refractivity contribution in [2.24, 2.45) is 0 Å². The molecule has 0 heterocycles. The highest BCUT2D eigenvalue weighted by atomic mass is 127. The molecular formula is C13H11IO3. The predicted octanol–water partition coefficient (Wildman–Crippen LogP) is 2.37. The zero-order valence-electron chi connectivity index (χ0n) is 9.27. The van der Waals surface area contributed by atoms with Gasteiger partial charge in [-0.05, 0) is 35.1 Å². The highest BCUT2D eigenvalue weighted by molar-refractivity contribution is 14.1. The fourth-order valence-electron chi connectivity index (χ4n) is 1.22. The number of benzene rings is 1. The van der Waals surface area contributed by atoms with Gasteiger partial charge in [0.05, 0.1) is 6.42 Å². The molecule has 4 heteroatoms. The SMILES string of the molecule is C#CC(I)OC(=O)Cc1ccc(C(C)=O)cc1. The third-order valence-corrected chi connectivity index (χ3v) is 2.69. The maximum Gasteiger partial charge on any atom is 0.312 e. The highest BCUT2D eigenvalue weighted by Gasteiger charge is 2.09. The lowest BCUT2D eigenvalue weighted by molar-refractivity contribution is -0.142. The predicted molar refractivity (Wildman–Crippen MR) is 72.9 cm³/mol. The lowest BCUT2D eigenvalue weighted by Gasteiger charge is -2.06. The van der Waals surface area contributed by atoms with E-state index >= 15 is 0 Å². The molecule has 0 saturated heterocycles. The maximum absolute atomic E-state index is 11.4. The minimum absolute atomic E-state index is 0.00113. The largest absolute Gasteiger partial charge is 0.439 e. The topological polar surface area (TPSA) is 43.4 Å². The molecule has 88 valence electrons. The van der Waals surface area contributed by atoms with Gasteiger partial charge in [-0.25, -0.2) is 0 Å². The van der Waals surface area contributed by atoms with Gasteiger partial charge in [-0.2, -0.15) is 0 Å². The molecular weight excluding hydrogens is 331 g/mol. The van der Waals surface area contributed by atoms with E-state index in [0.717, 1.165) is 5.56 Å². The second kappa shape index (κ2) is 6.40. The molecule has 0 aliphatic heterocycles. The van der Waals surface area contributed by atoms with E-state index in [1.54, 1.807) is 24.3 Å². The number of Topliss-reactive ketones (excluding diaryl/α,β-unsaturated/α-hetero) is 1. The van der Waals surface area contributed by atoms with Gasteiger partial charge in [0.15, 0.2) is 5.78 Å². The summed E-state index contributed by atoms with van der Waals surface area (Å²) in [5.74, 6) is 1.93. The first-order chi connectivity index (χ1) is 8.02. The van der Waals surface area contributed by atoms with Crippen molar-refractivity contribution in [2.75, 3.05) is 0 Å². The standard InChI is InChI=1S/C13H11IO3/c1-3-12(14)17-13(16)8-10-4-6-11(7-5-10)9(2)15/h1,4-7,12H,8H2,2H3. The van der Waals surface area contributed by atoms with Crippen LogP contribution in [0, 0.1) is 12.3 Å². The normalized spacial score (nSPS) is 11.4. The smallest absolute Gasteiger partial charge is 0.312 e. The van der Waals surface area contributed by atoms with Crippen molar-refractivity contribution in [1.29, 1.82) is 0 Å². The zero-order valence-corrected chi connectivity index (χ0v) is 11.4. The number of carbonyl (C=O) groups excluding carboxylic acids is 2. The molecule has 0 N–H and O–H groups in total. The van der Waals surface area contributed by atoms with Crippen LogP contribution in [-0.4, -0.2) is 15.9 Å². The minimum atomic E-state index is -0.545. The number of alkyl halides is 1. The van der Waals surface area contributed by atoms with Crippen LogP contribution < -0.4 is 0 Å². The van der Waals surface area contributed by atoms with Gasteiger partial charge in [0.2, 0.25) is 4.11 Å². The van der Waals surface area contributed by atoms with E-state index in [0.29, 0.717) is 5.56 Å². The minimum Gasteiger partial charge on any atom is -0.439 e. The summed E-state index contributed by atoms with van der Waals surface area (Å²) < 4.78 is 4.38. The van der Waals surface area contributed by atoms with Crippen LogP contribution in [0.15, 0.2) is 24.3 Å². The van der Waals surface area contributed by atoms with Gasteiger partial charge < -0.3 is 4.74 Å². The number of ketones is 1. The molecule has 0 bridgehead atoms. The first kappa shape index (κ1) is 13.7. The lowest BCUT2D eigenvalue weighted by atomic mass is 10.1. The number of carbonyl (C=O) groups is 2. The van der Waals surface area contributed by atoms with Crippen LogP contribution in [0.4, 0.5) is 0 Å². The van der Waals surface area contributed by atoms with Gasteiger partial charge in [0, 0.05) is 5.56 Å². The summed E-state index contributed by atoms with van der Waals surface area (Å²) in [6.07, 6.45) is 5.25. The van der Waals surface area contributed by atoms with E-state index in [2.05, 4.69) is 5.92 Å². The fourth-order valence-corrected chi connectivity index (χ4v) is 1.50. The van der Waals surface area contributed by atoms with Crippen LogP contribution >= 0.6 is 22.6 Å². The highest BCUT2D eigenvalue weighted by Crippen LogP contribution is 2.08. The molecule has 17 heavy (non-hydrogen) atoms. The summed E-state index contributed by atoms with van der Waals surface area (Å²) in [6.45, 7) is 1.50. The van der Waals surface area contributed by atoms with Gasteiger partial charge in [-0.3, -0.25) is 9.59 Å². The summed E-state index contributed by atoms with van der Waals surface area (Å²) in [5.41, 5.74) is 1.41. The van der Waals surface area contributed by atoms with Gasteiger partial charge in [-0.1, -0.05) is 30.2 Å². The molecule has 1 unspecified atom stereocenters. The Balaban J connectivity index is 2.61. The Bertz CT molecular complexity index is 457. The molecule has 0 radical (unpaired) electrons. The van der Waals surface area contributed by atoms with Crippen LogP contribution in [0.3, 0.4) is 0 Å². The number of esters is 1. The van der Waals surface area contributed by atoms with Crippen molar-refractivity contribution in [3.63, 3.8) is 0 Å². The van der Waals surface area contributed by atoms with E-state index in [1.807, 2.05) is 22.6 Å². The molecule has 0 spiro atoms. The average molecular weight is 342 g/mol. The van der Waals surface area contributed by atoms with Crippen LogP contribution in [0.5, 0.6) is 0 Å². The second-order valence-electron chi connectivity index (χ2n) is 3.40. The number of rotatable bonds is 4. The van der Waals surface area contributed by atoms with Gasteiger partial charge >= 0.3 is 5.97 Å². The van der Waals surface area contributed by atoms with E-state index in [9.17, 15) is 9.59 Å². The van der Waals surface area contributed by atoms with Crippen molar-refractivity contribution in [2.45, 2.75) is 17.5 Å². The molecule has 1 rings (SSSR count). The summed E-state index contributed by atoms with van der Waals surface area (Å²) in [4.78, 5) is 22.5. The van der Waals surface area contributed by atoms with E-state index < -0.39 is 4.11 Å². The molecule has 0 saturated carbocycles. The number of hydrogen-bond acceptors (Lipinski definition) is 3. The van der Waals surface area contributed by atoms with Crippen LogP contribution in [-0.2, 0) is 16.0 Å². The summed E-state index contributed by atoms with van der Waals surface area (Å²) in [6, 6.07) is 6.84. The summed E-state index contributed by atoms with van der Waals surface area (Å²) in [5, 5.41) is 0. The summed E-state index contributed by atoms with van der Waals surface area (Å²) >= 11 is 1.85. The van der Waals surface area contributed by atoms with E-state index in [-0.39, 0.29) is 18.2 Å². The Labute approximate surface area is 114 Å². The number of terminal acetylenes is 1. The molecule has 0 amide bonds. The van der Waals surface area contributed by atoms with Crippen molar-refractivity contribution < 1.29 is 14.3 Å². The quantitative estimate of drug-likeness (QED) is 0.277. The zero-order chi connectivity index (χ0) is 12.8. The number of halogens is 1. The van der Waals surface area contributed by atoms with Crippen molar-refractivity contribution in [3.8, 4) is 12.3 Å². The first-order valence-corrected chi connectivity index (χ1v) is 6.17. The average Bonchev–Trinajstić information content (AvgIpc) is 2.29. The Hall–Kier alpha value is -1.35. The van der Waals surface area contributed by atoms with Gasteiger partial charge in [0.1, 0.15) is 0 Å². The summed E-state index contributed by atoms with van der Waals surface area (Å²) in [7, 11) is 0. The Morgan fingerprint density at radius 1 is 1.41 bits per heavy atom. The molecule has 1 aromatic rings. The molecule has 0 fully saturated rings. The van der Waals surface area contributed by atoms with E-state index in [1.165, 1.54) is 6.92 Å². The Morgan fingerprint density at radius 2 is 2.00 bits per heavy atom. The molecule has 1 aromatic carbocycles. The second-order valence-corrected chi connectivity index (χ2v) is 4.53. The molecule has 0 aliphatic rings. The molecule has 0 aliphatic carbocycles. The van der Waals surface area contributed by atoms with E-state index in [4.69, 9.17) is 11.2 Å². The molecule has 1 atom stereocenters. The van der Waals surface area contributed by atoms with Crippen LogP contribution in [0.1, 0.15) is 22.8 Å². The van der Waals surface area contributed by atoms with Crippen LogP contribution in [0.25, 0.3) is 0 Å². The number of ether oxygens (including phenoxy) is 1. The first-order valence-electron chi connectivity index (χ1n) is 4.92. The fraction of sp³-hybridized carbons (Fsp3) is 0.231. The Kier molecular flexibility index (Phi) is 5.16. The third-order valence-electron chi connectivity index (χ3n) is 2.07. The van der Waals surface area contributed by atoms with Crippen molar-refractivity contribution in [1.82, 2.24) is 0 Å². The lowest BCUT2D eigenvalue weighted by Crippen LogP contribution is -2.12.